The van der Waals surface area contributed by atoms with E-state index >= 15 is 0 Å². The first-order valence-corrected chi connectivity index (χ1v) is 6.53. The maximum Gasteiger partial charge on any atom is 0.134 e. The van der Waals surface area contributed by atoms with Gasteiger partial charge in [0.1, 0.15) is 11.5 Å². The van der Waals surface area contributed by atoms with Crippen molar-refractivity contribution in [3.63, 3.8) is 0 Å². The topological polar surface area (TPSA) is 26.3 Å². The minimum Gasteiger partial charge on any atom is -0.464 e. The van der Waals surface area contributed by atoms with Crippen LogP contribution in [0, 0.1) is 0 Å². The third-order valence-electron chi connectivity index (χ3n) is 3.50. The van der Waals surface area contributed by atoms with E-state index in [9.17, 15) is 0 Å². The molecule has 0 spiro atoms. The first kappa shape index (κ1) is 11.1. The van der Waals surface area contributed by atoms with E-state index in [2.05, 4.69) is 24.3 Å². The van der Waals surface area contributed by atoms with Gasteiger partial charge in [0.25, 0.3) is 0 Å². The van der Waals surface area contributed by atoms with Gasteiger partial charge in [-0.1, -0.05) is 24.3 Å². The molecule has 4 aromatic rings. The van der Waals surface area contributed by atoms with Gasteiger partial charge in [-0.25, -0.2) is 0 Å². The molecule has 0 radical (unpaired) electrons. The standard InChI is InChI=1S/C18H12O2/c1-2-6-14-13(5-1)15(17-7-3-11-19-17)9-10-16(14)18-8-4-12-20-18/h1-12H. The van der Waals surface area contributed by atoms with Gasteiger partial charge in [0, 0.05) is 11.1 Å². The number of benzene rings is 2. The first-order valence-electron chi connectivity index (χ1n) is 6.53. The Labute approximate surface area is 116 Å². The van der Waals surface area contributed by atoms with Crippen molar-refractivity contribution in [3.05, 3.63) is 73.2 Å². The summed E-state index contributed by atoms with van der Waals surface area (Å²) in [7, 11) is 0. The Kier molecular flexibility index (Phi) is 2.46. The van der Waals surface area contributed by atoms with E-state index in [4.69, 9.17) is 8.83 Å². The summed E-state index contributed by atoms with van der Waals surface area (Å²) in [6, 6.07) is 20.2. The molecule has 2 nitrogen and oxygen atoms in total. The number of rotatable bonds is 2. The molecule has 0 saturated heterocycles. The van der Waals surface area contributed by atoms with Crippen LogP contribution in [0.4, 0.5) is 0 Å². The van der Waals surface area contributed by atoms with Crippen molar-refractivity contribution in [1.29, 1.82) is 0 Å². The number of hydrogen-bond acceptors (Lipinski definition) is 2. The van der Waals surface area contributed by atoms with Crippen molar-refractivity contribution in [3.8, 4) is 22.6 Å². The Morgan fingerprint density at radius 3 is 1.40 bits per heavy atom. The van der Waals surface area contributed by atoms with E-state index < -0.39 is 0 Å². The summed E-state index contributed by atoms with van der Waals surface area (Å²) in [4.78, 5) is 0. The van der Waals surface area contributed by atoms with E-state index in [-0.39, 0.29) is 0 Å². The molecule has 4 rings (SSSR count). The predicted octanol–water partition coefficient (Wildman–Crippen LogP) is 5.36. The molecule has 0 unspecified atom stereocenters. The van der Waals surface area contributed by atoms with Gasteiger partial charge in [0.05, 0.1) is 12.5 Å². The van der Waals surface area contributed by atoms with E-state index in [1.807, 2.05) is 36.4 Å². The molecule has 0 N–H and O–H groups in total. The van der Waals surface area contributed by atoms with Crippen LogP contribution in [-0.4, -0.2) is 0 Å². The zero-order chi connectivity index (χ0) is 13.4. The number of fused-ring (bicyclic) bond motifs is 1. The van der Waals surface area contributed by atoms with Crippen LogP contribution in [0.1, 0.15) is 0 Å². The second-order valence-electron chi connectivity index (χ2n) is 4.66. The van der Waals surface area contributed by atoms with Gasteiger partial charge in [-0.2, -0.15) is 0 Å². The maximum atomic E-state index is 5.53. The van der Waals surface area contributed by atoms with Gasteiger partial charge < -0.3 is 8.83 Å². The lowest BCUT2D eigenvalue weighted by Gasteiger charge is -2.08. The normalized spacial score (nSPS) is 11.0. The summed E-state index contributed by atoms with van der Waals surface area (Å²) in [6.07, 6.45) is 3.40. The third kappa shape index (κ3) is 1.66. The zero-order valence-corrected chi connectivity index (χ0v) is 10.7. The van der Waals surface area contributed by atoms with E-state index in [1.165, 1.54) is 0 Å². The van der Waals surface area contributed by atoms with E-state index in [1.54, 1.807) is 12.5 Å². The average molecular weight is 260 g/mol. The predicted molar refractivity (Wildman–Crippen MR) is 79.4 cm³/mol. The summed E-state index contributed by atoms with van der Waals surface area (Å²) < 4.78 is 11.1. The third-order valence-corrected chi connectivity index (χ3v) is 3.50. The molecule has 96 valence electrons. The van der Waals surface area contributed by atoms with Crippen molar-refractivity contribution in [2.24, 2.45) is 0 Å². The summed E-state index contributed by atoms with van der Waals surface area (Å²) in [6.45, 7) is 0. The van der Waals surface area contributed by atoms with Crippen LogP contribution in [-0.2, 0) is 0 Å². The monoisotopic (exact) mass is 260 g/mol. The van der Waals surface area contributed by atoms with E-state index in [0.717, 1.165) is 33.4 Å². The smallest absolute Gasteiger partial charge is 0.134 e. The number of furan rings is 2. The van der Waals surface area contributed by atoms with Crippen LogP contribution < -0.4 is 0 Å². The first-order chi connectivity index (χ1) is 9.93. The molecule has 2 heteroatoms. The highest BCUT2D eigenvalue weighted by Crippen LogP contribution is 2.35. The summed E-state index contributed by atoms with van der Waals surface area (Å²) in [5.41, 5.74) is 2.20. The molecule has 0 saturated carbocycles. The largest absolute Gasteiger partial charge is 0.464 e. The van der Waals surface area contributed by atoms with Crippen LogP contribution in [0.5, 0.6) is 0 Å². The average Bonchev–Trinajstić information content (AvgIpc) is 3.19. The molecule has 0 atom stereocenters. The molecular formula is C18H12O2. The minimum absolute atomic E-state index is 0.882. The summed E-state index contributed by atoms with van der Waals surface area (Å²) in [5, 5.41) is 2.33. The Bertz CT molecular complexity index is 768. The van der Waals surface area contributed by atoms with Crippen molar-refractivity contribution in [2.75, 3.05) is 0 Å². The SMILES string of the molecule is c1coc(-c2ccc(-c3ccco3)c3ccccc23)c1. The van der Waals surface area contributed by atoms with Crippen LogP contribution >= 0.6 is 0 Å². The van der Waals surface area contributed by atoms with Crippen LogP contribution in [0.3, 0.4) is 0 Å². The van der Waals surface area contributed by atoms with Gasteiger partial charge in [-0.15, -0.1) is 0 Å². The van der Waals surface area contributed by atoms with Gasteiger partial charge in [-0.3, -0.25) is 0 Å². The van der Waals surface area contributed by atoms with Gasteiger partial charge >= 0.3 is 0 Å². The minimum atomic E-state index is 0.882. The fourth-order valence-corrected chi connectivity index (χ4v) is 2.59. The zero-order valence-electron chi connectivity index (χ0n) is 10.7. The van der Waals surface area contributed by atoms with Crippen LogP contribution in [0.25, 0.3) is 33.4 Å². The molecule has 0 fully saturated rings. The molecule has 20 heavy (non-hydrogen) atoms. The summed E-state index contributed by atoms with van der Waals surface area (Å²) >= 11 is 0. The van der Waals surface area contributed by atoms with Crippen LogP contribution in [0.2, 0.25) is 0 Å². The van der Waals surface area contributed by atoms with Gasteiger partial charge in [0.15, 0.2) is 0 Å². The lowest BCUT2D eigenvalue weighted by atomic mass is 9.97. The molecule has 0 bridgehead atoms. The lowest BCUT2D eigenvalue weighted by Crippen LogP contribution is -1.83. The molecule has 0 aliphatic heterocycles. The summed E-state index contributed by atoms with van der Waals surface area (Å²) in [5.74, 6) is 1.76. The number of hydrogen-bond donors (Lipinski definition) is 0. The highest BCUT2D eigenvalue weighted by atomic mass is 16.3. The van der Waals surface area contributed by atoms with Crippen LogP contribution in [0.15, 0.2) is 82.0 Å². The molecular weight excluding hydrogens is 248 g/mol. The quantitative estimate of drug-likeness (QED) is 0.485. The lowest BCUT2D eigenvalue weighted by molar-refractivity contribution is 0.581. The highest BCUT2D eigenvalue weighted by Gasteiger charge is 2.11. The second kappa shape index (κ2) is 4.42. The fraction of sp³-hybridized carbons (Fsp3) is 0. The van der Waals surface area contributed by atoms with Crippen molar-refractivity contribution >= 4 is 10.8 Å². The van der Waals surface area contributed by atoms with Gasteiger partial charge in [0.2, 0.25) is 0 Å². The Balaban J connectivity index is 2.05. The molecule has 0 amide bonds. The molecule has 2 aromatic carbocycles. The molecule has 0 aliphatic rings. The van der Waals surface area contributed by atoms with Crippen molar-refractivity contribution in [1.82, 2.24) is 0 Å². The van der Waals surface area contributed by atoms with E-state index in [0.29, 0.717) is 0 Å². The highest BCUT2D eigenvalue weighted by molar-refractivity contribution is 6.03. The Morgan fingerprint density at radius 1 is 0.500 bits per heavy atom. The molecule has 0 aliphatic carbocycles. The Morgan fingerprint density at radius 2 is 1.00 bits per heavy atom. The maximum absolute atomic E-state index is 5.53. The molecule has 2 aromatic heterocycles. The Hall–Kier alpha value is -2.74. The van der Waals surface area contributed by atoms with Crippen molar-refractivity contribution < 1.29 is 8.83 Å². The fourth-order valence-electron chi connectivity index (χ4n) is 2.59. The van der Waals surface area contributed by atoms with Crippen molar-refractivity contribution in [2.45, 2.75) is 0 Å². The second-order valence-corrected chi connectivity index (χ2v) is 4.66. The van der Waals surface area contributed by atoms with Gasteiger partial charge in [-0.05, 0) is 47.2 Å². The molecule has 2 heterocycles.